The van der Waals surface area contributed by atoms with Crippen LogP contribution in [-0.2, 0) is 20.8 Å². The van der Waals surface area contributed by atoms with Gasteiger partial charge in [0.05, 0.1) is 11.4 Å². The van der Waals surface area contributed by atoms with Crippen LogP contribution in [0.2, 0.25) is 0 Å². The van der Waals surface area contributed by atoms with Gasteiger partial charge in [-0.15, -0.1) is 0 Å². The number of carbonyl (C=O) groups is 3. The van der Waals surface area contributed by atoms with Crippen molar-refractivity contribution >= 4 is 17.7 Å². The fourth-order valence-electron chi connectivity index (χ4n) is 2.86. The molecule has 3 rings (SSSR count). The maximum absolute atomic E-state index is 12.0. The zero-order valence-electron chi connectivity index (χ0n) is 14.1. The summed E-state index contributed by atoms with van der Waals surface area (Å²) in [4.78, 5) is 44.6. The van der Waals surface area contributed by atoms with Crippen LogP contribution in [-0.4, -0.2) is 32.6 Å². The first-order valence-electron chi connectivity index (χ1n) is 8.31. The smallest absolute Gasteiger partial charge is 0.236 e. The van der Waals surface area contributed by atoms with Gasteiger partial charge in [0.2, 0.25) is 17.7 Å². The van der Waals surface area contributed by atoms with Gasteiger partial charge in [-0.1, -0.05) is 0 Å². The summed E-state index contributed by atoms with van der Waals surface area (Å²) in [6.07, 6.45) is 5.18. The summed E-state index contributed by atoms with van der Waals surface area (Å²) in [7, 11) is 0. The van der Waals surface area contributed by atoms with E-state index in [1.165, 1.54) is 0 Å². The number of imide groups is 3. The molecule has 0 radical (unpaired) electrons. The van der Waals surface area contributed by atoms with Crippen LogP contribution in [0.25, 0.3) is 11.4 Å². The largest absolute Gasteiger partial charge is 0.274 e. The number of pyridine rings is 2. The molecule has 0 spiro atoms. The first kappa shape index (κ1) is 17.0. The molecule has 0 atom stereocenters. The predicted molar refractivity (Wildman–Crippen MR) is 91.2 cm³/mol. The van der Waals surface area contributed by atoms with E-state index in [0.29, 0.717) is 12.8 Å². The fraction of sp³-hybridized carbons (Fsp3) is 0.316. The van der Waals surface area contributed by atoms with Gasteiger partial charge < -0.3 is 0 Å². The summed E-state index contributed by atoms with van der Waals surface area (Å²) in [5.74, 6) is -1.17. The Labute approximate surface area is 145 Å². The van der Waals surface area contributed by atoms with Crippen LogP contribution in [0.1, 0.15) is 36.8 Å². The van der Waals surface area contributed by atoms with Crippen molar-refractivity contribution in [2.45, 2.75) is 39.0 Å². The van der Waals surface area contributed by atoms with E-state index in [-0.39, 0.29) is 31.1 Å². The van der Waals surface area contributed by atoms with E-state index in [1.807, 2.05) is 31.2 Å². The van der Waals surface area contributed by atoms with E-state index in [1.54, 1.807) is 12.4 Å². The van der Waals surface area contributed by atoms with Crippen molar-refractivity contribution in [2.24, 2.45) is 0 Å². The van der Waals surface area contributed by atoms with Gasteiger partial charge in [0, 0.05) is 31.7 Å². The van der Waals surface area contributed by atoms with Crippen molar-refractivity contribution in [1.82, 2.24) is 14.9 Å². The van der Waals surface area contributed by atoms with Crippen molar-refractivity contribution < 1.29 is 14.4 Å². The zero-order valence-corrected chi connectivity index (χ0v) is 14.1. The number of aromatic nitrogens is 2. The number of nitrogens with zero attached hydrogens (tertiary/aromatic N) is 3. The Morgan fingerprint density at radius 2 is 1.68 bits per heavy atom. The van der Waals surface area contributed by atoms with Crippen LogP contribution in [0, 0.1) is 6.92 Å². The van der Waals surface area contributed by atoms with Gasteiger partial charge in [-0.05, 0) is 55.2 Å². The number of rotatable bonds is 5. The van der Waals surface area contributed by atoms with E-state index >= 15 is 0 Å². The molecule has 0 N–H and O–H groups in total. The quantitative estimate of drug-likeness (QED) is 0.783. The van der Waals surface area contributed by atoms with Gasteiger partial charge in [-0.25, -0.2) is 4.90 Å². The zero-order chi connectivity index (χ0) is 17.8. The lowest BCUT2D eigenvalue weighted by Crippen LogP contribution is -2.35. The Bertz CT molecular complexity index is 816. The average Bonchev–Trinajstić information content (AvgIpc) is 2.94. The van der Waals surface area contributed by atoms with E-state index in [2.05, 4.69) is 9.97 Å². The van der Waals surface area contributed by atoms with Crippen LogP contribution in [0.5, 0.6) is 0 Å². The Kier molecular flexibility index (Phi) is 4.97. The van der Waals surface area contributed by atoms with Crippen LogP contribution < -0.4 is 0 Å². The molecular formula is C19H19N3O3. The molecule has 0 aromatic carbocycles. The molecule has 0 aliphatic carbocycles. The van der Waals surface area contributed by atoms with Crippen molar-refractivity contribution in [3.05, 3.63) is 47.8 Å². The van der Waals surface area contributed by atoms with Crippen LogP contribution >= 0.6 is 0 Å². The monoisotopic (exact) mass is 337 g/mol. The Morgan fingerprint density at radius 3 is 2.36 bits per heavy atom. The summed E-state index contributed by atoms with van der Waals surface area (Å²) in [5.41, 5.74) is 3.76. The SMILES string of the molecule is Cc1ccnc(-c2cc(CCCC(=O)N3C(=O)CCC3=O)ccn2)c1. The number of amides is 3. The summed E-state index contributed by atoms with van der Waals surface area (Å²) < 4.78 is 0. The second kappa shape index (κ2) is 7.34. The fourth-order valence-corrected chi connectivity index (χ4v) is 2.86. The number of hydrogen-bond donors (Lipinski definition) is 0. The molecule has 0 saturated carbocycles. The third kappa shape index (κ3) is 3.96. The highest BCUT2D eigenvalue weighted by Crippen LogP contribution is 2.18. The molecule has 128 valence electrons. The van der Waals surface area contributed by atoms with Crippen molar-refractivity contribution in [2.75, 3.05) is 0 Å². The van der Waals surface area contributed by atoms with Crippen molar-refractivity contribution in [3.8, 4) is 11.4 Å². The molecule has 6 heteroatoms. The average molecular weight is 337 g/mol. The van der Waals surface area contributed by atoms with Crippen LogP contribution in [0.15, 0.2) is 36.7 Å². The first-order valence-corrected chi connectivity index (χ1v) is 8.31. The number of hydrogen-bond acceptors (Lipinski definition) is 5. The van der Waals surface area contributed by atoms with Gasteiger partial charge in [0.15, 0.2) is 0 Å². The molecular weight excluding hydrogens is 318 g/mol. The van der Waals surface area contributed by atoms with Crippen LogP contribution in [0.3, 0.4) is 0 Å². The molecule has 1 fully saturated rings. The Hall–Kier alpha value is -2.89. The second-order valence-corrected chi connectivity index (χ2v) is 6.14. The molecule has 2 aromatic rings. The third-order valence-electron chi connectivity index (χ3n) is 4.16. The predicted octanol–water partition coefficient (Wildman–Crippen LogP) is 2.45. The van der Waals surface area contributed by atoms with Gasteiger partial charge in [-0.3, -0.25) is 24.4 Å². The van der Waals surface area contributed by atoms with E-state index in [4.69, 9.17) is 0 Å². The number of aryl methyl sites for hydroxylation is 2. The van der Waals surface area contributed by atoms with Crippen molar-refractivity contribution in [3.63, 3.8) is 0 Å². The van der Waals surface area contributed by atoms with Gasteiger partial charge in [0.1, 0.15) is 0 Å². The maximum Gasteiger partial charge on any atom is 0.236 e. The summed E-state index contributed by atoms with van der Waals surface area (Å²) in [6, 6.07) is 7.76. The number of likely N-dealkylation sites (tertiary alicyclic amines) is 1. The first-order chi connectivity index (χ1) is 12.0. The van der Waals surface area contributed by atoms with Crippen LogP contribution in [0.4, 0.5) is 0 Å². The lowest BCUT2D eigenvalue weighted by atomic mass is 10.1. The highest BCUT2D eigenvalue weighted by molar-refractivity contribution is 6.14. The van der Waals surface area contributed by atoms with E-state index in [9.17, 15) is 14.4 Å². The summed E-state index contributed by atoms with van der Waals surface area (Å²) in [5, 5.41) is 0. The molecule has 0 bridgehead atoms. The summed E-state index contributed by atoms with van der Waals surface area (Å²) in [6.45, 7) is 2.00. The Balaban J connectivity index is 1.60. The summed E-state index contributed by atoms with van der Waals surface area (Å²) >= 11 is 0. The van der Waals surface area contributed by atoms with Crippen molar-refractivity contribution in [1.29, 1.82) is 0 Å². The topological polar surface area (TPSA) is 80.2 Å². The highest BCUT2D eigenvalue weighted by Gasteiger charge is 2.33. The maximum atomic E-state index is 12.0. The minimum Gasteiger partial charge on any atom is -0.274 e. The third-order valence-corrected chi connectivity index (χ3v) is 4.16. The van der Waals surface area contributed by atoms with Gasteiger partial charge in [-0.2, -0.15) is 0 Å². The molecule has 3 heterocycles. The lowest BCUT2D eigenvalue weighted by Gasteiger charge is -2.11. The Morgan fingerprint density at radius 1 is 1.04 bits per heavy atom. The highest BCUT2D eigenvalue weighted by atomic mass is 16.2. The van der Waals surface area contributed by atoms with Gasteiger partial charge in [0.25, 0.3) is 0 Å². The molecule has 1 saturated heterocycles. The number of carbonyl (C=O) groups excluding carboxylic acids is 3. The minimum absolute atomic E-state index is 0.141. The molecule has 1 aliphatic heterocycles. The normalized spacial score (nSPS) is 14.2. The van der Waals surface area contributed by atoms with Gasteiger partial charge >= 0.3 is 0 Å². The molecule has 0 unspecified atom stereocenters. The molecule has 1 aliphatic rings. The minimum atomic E-state index is -0.401. The van der Waals surface area contributed by atoms with E-state index in [0.717, 1.165) is 27.4 Å². The second-order valence-electron chi connectivity index (χ2n) is 6.14. The molecule has 6 nitrogen and oxygen atoms in total. The standard InChI is InChI=1S/C19H19N3O3/c1-13-7-9-20-15(11-13)16-12-14(8-10-21-16)3-2-4-17(23)22-18(24)5-6-19(22)25/h7-12H,2-6H2,1H3. The molecule has 2 aromatic heterocycles. The molecule has 25 heavy (non-hydrogen) atoms. The molecule has 3 amide bonds. The lowest BCUT2D eigenvalue weighted by molar-refractivity contribution is -0.149. The van der Waals surface area contributed by atoms with E-state index < -0.39 is 5.91 Å².